The van der Waals surface area contributed by atoms with E-state index in [1.807, 2.05) is 78.9 Å². The van der Waals surface area contributed by atoms with Crippen LogP contribution in [0.4, 0.5) is 0 Å². The zero-order valence-electron chi connectivity index (χ0n) is 15.8. The van der Waals surface area contributed by atoms with Crippen molar-refractivity contribution in [2.75, 3.05) is 7.11 Å². The maximum atomic E-state index is 6.16. The first-order chi connectivity index (χ1) is 13.8. The van der Waals surface area contributed by atoms with Gasteiger partial charge in [-0.3, -0.25) is 0 Å². The summed E-state index contributed by atoms with van der Waals surface area (Å²) in [7, 11) is 1.66. The van der Waals surface area contributed by atoms with Crippen LogP contribution in [0, 0.1) is 0 Å². The molecule has 0 aliphatic heterocycles. The Morgan fingerprint density at radius 1 is 0.536 bits per heavy atom. The molecule has 0 fully saturated rings. The maximum absolute atomic E-state index is 6.16. The first-order valence-electron chi connectivity index (χ1n) is 9.28. The molecule has 3 heteroatoms. The van der Waals surface area contributed by atoms with Gasteiger partial charge >= 0.3 is 0 Å². The largest absolute Gasteiger partial charge is 0.493 e. The molecule has 0 saturated carbocycles. The lowest BCUT2D eigenvalue weighted by Gasteiger charge is -2.16. The number of benzene rings is 4. The molecule has 3 nitrogen and oxygen atoms in total. The molecule has 0 heterocycles. The van der Waals surface area contributed by atoms with Crippen molar-refractivity contribution in [3.63, 3.8) is 0 Å². The summed E-state index contributed by atoms with van der Waals surface area (Å²) in [4.78, 5) is 0. The Kier molecular flexibility index (Phi) is 5.43. The Morgan fingerprint density at radius 2 is 1.18 bits per heavy atom. The van der Waals surface area contributed by atoms with Crippen LogP contribution in [0.25, 0.3) is 10.8 Å². The average Bonchev–Trinajstić information content (AvgIpc) is 2.77. The van der Waals surface area contributed by atoms with Crippen molar-refractivity contribution in [3.05, 3.63) is 102 Å². The van der Waals surface area contributed by atoms with Crippen LogP contribution in [0.1, 0.15) is 11.1 Å². The molecule has 0 unspecified atom stereocenters. The molecule has 0 spiro atoms. The maximum Gasteiger partial charge on any atom is 0.169 e. The standard InChI is InChI=1S/C25H22O3/c1-26-24-16-15-21-22(25(24)28-18-20-11-6-3-7-12-20)13-8-14-23(21)27-17-19-9-4-2-5-10-19/h2-16H,17-18H2,1H3. The highest BCUT2D eigenvalue weighted by atomic mass is 16.5. The zero-order chi connectivity index (χ0) is 19.2. The smallest absolute Gasteiger partial charge is 0.169 e. The van der Waals surface area contributed by atoms with E-state index < -0.39 is 0 Å². The molecule has 28 heavy (non-hydrogen) atoms. The van der Waals surface area contributed by atoms with Crippen LogP contribution < -0.4 is 14.2 Å². The summed E-state index contributed by atoms with van der Waals surface area (Å²) in [5.41, 5.74) is 2.24. The summed E-state index contributed by atoms with van der Waals surface area (Å²) in [6.45, 7) is 0.998. The van der Waals surface area contributed by atoms with Gasteiger partial charge in [-0.2, -0.15) is 0 Å². The van der Waals surface area contributed by atoms with Gasteiger partial charge in [0.05, 0.1) is 7.11 Å². The quantitative estimate of drug-likeness (QED) is 0.399. The van der Waals surface area contributed by atoms with Crippen LogP contribution in [-0.2, 0) is 13.2 Å². The van der Waals surface area contributed by atoms with E-state index >= 15 is 0 Å². The van der Waals surface area contributed by atoms with E-state index in [1.54, 1.807) is 7.11 Å². The van der Waals surface area contributed by atoms with Gasteiger partial charge < -0.3 is 14.2 Å². The lowest BCUT2D eigenvalue weighted by Crippen LogP contribution is -2.00. The third-order valence-electron chi connectivity index (χ3n) is 4.62. The highest BCUT2D eigenvalue weighted by Crippen LogP contribution is 2.39. The van der Waals surface area contributed by atoms with Crippen molar-refractivity contribution in [2.45, 2.75) is 13.2 Å². The van der Waals surface area contributed by atoms with Crippen LogP contribution in [0.3, 0.4) is 0 Å². The molecule has 0 aliphatic carbocycles. The fourth-order valence-corrected chi connectivity index (χ4v) is 3.18. The van der Waals surface area contributed by atoms with Gasteiger partial charge in [-0.1, -0.05) is 72.8 Å². The minimum absolute atomic E-state index is 0.478. The van der Waals surface area contributed by atoms with Crippen molar-refractivity contribution in [1.82, 2.24) is 0 Å². The molecule has 0 aliphatic rings. The van der Waals surface area contributed by atoms with Crippen molar-refractivity contribution in [2.24, 2.45) is 0 Å². The molecular formula is C25H22O3. The fourth-order valence-electron chi connectivity index (χ4n) is 3.18. The molecule has 0 N–H and O–H groups in total. The van der Waals surface area contributed by atoms with Crippen molar-refractivity contribution < 1.29 is 14.2 Å². The van der Waals surface area contributed by atoms with Crippen molar-refractivity contribution >= 4 is 10.8 Å². The number of rotatable bonds is 7. The van der Waals surface area contributed by atoms with E-state index in [2.05, 4.69) is 12.1 Å². The Balaban J connectivity index is 1.64. The van der Waals surface area contributed by atoms with E-state index in [-0.39, 0.29) is 0 Å². The van der Waals surface area contributed by atoms with Crippen LogP contribution in [-0.4, -0.2) is 7.11 Å². The molecule has 0 atom stereocenters. The number of hydrogen-bond donors (Lipinski definition) is 0. The Labute approximate surface area is 165 Å². The lowest BCUT2D eigenvalue weighted by atomic mass is 10.1. The molecule has 4 rings (SSSR count). The van der Waals surface area contributed by atoms with E-state index in [0.717, 1.165) is 33.4 Å². The lowest BCUT2D eigenvalue weighted by molar-refractivity contribution is 0.288. The summed E-state index contributed by atoms with van der Waals surface area (Å²) in [5.74, 6) is 2.27. The minimum atomic E-state index is 0.478. The van der Waals surface area contributed by atoms with Gasteiger partial charge in [0.25, 0.3) is 0 Å². The average molecular weight is 370 g/mol. The number of ether oxygens (including phenoxy) is 3. The highest BCUT2D eigenvalue weighted by Gasteiger charge is 2.13. The monoisotopic (exact) mass is 370 g/mol. The van der Waals surface area contributed by atoms with Crippen LogP contribution in [0.5, 0.6) is 17.2 Å². The Bertz CT molecular complexity index is 1040. The second-order valence-electron chi connectivity index (χ2n) is 6.50. The molecule has 0 aromatic heterocycles. The van der Waals surface area contributed by atoms with Gasteiger partial charge in [0.2, 0.25) is 0 Å². The molecule has 0 amide bonds. The third kappa shape index (κ3) is 3.94. The van der Waals surface area contributed by atoms with Gasteiger partial charge in [-0.15, -0.1) is 0 Å². The van der Waals surface area contributed by atoms with E-state index in [0.29, 0.717) is 19.0 Å². The van der Waals surface area contributed by atoms with Gasteiger partial charge in [-0.25, -0.2) is 0 Å². The zero-order valence-corrected chi connectivity index (χ0v) is 15.8. The van der Waals surface area contributed by atoms with E-state index in [4.69, 9.17) is 14.2 Å². The van der Waals surface area contributed by atoms with Crippen LogP contribution in [0.2, 0.25) is 0 Å². The number of methoxy groups -OCH3 is 1. The van der Waals surface area contributed by atoms with Gasteiger partial charge in [0.15, 0.2) is 11.5 Å². The van der Waals surface area contributed by atoms with Crippen LogP contribution >= 0.6 is 0 Å². The topological polar surface area (TPSA) is 27.7 Å². The Morgan fingerprint density at radius 3 is 1.82 bits per heavy atom. The summed E-state index contributed by atoms with van der Waals surface area (Å²) < 4.78 is 17.8. The second-order valence-corrected chi connectivity index (χ2v) is 6.50. The van der Waals surface area contributed by atoms with Crippen LogP contribution in [0.15, 0.2) is 91.0 Å². The van der Waals surface area contributed by atoms with E-state index in [9.17, 15) is 0 Å². The predicted octanol–water partition coefficient (Wildman–Crippen LogP) is 6.01. The minimum Gasteiger partial charge on any atom is -0.493 e. The summed E-state index contributed by atoms with van der Waals surface area (Å²) >= 11 is 0. The first-order valence-corrected chi connectivity index (χ1v) is 9.28. The van der Waals surface area contributed by atoms with E-state index in [1.165, 1.54) is 0 Å². The summed E-state index contributed by atoms with van der Waals surface area (Å²) in [6, 6.07) is 30.2. The van der Waals surface area contributed by atoms with Gasteiger partial charge in [0, 0.05) is 10.8 Å². The summed E-state index contributed by atoms with van der Waals surface area (Å²) in [6.07, 6.45) is 0. The SMILES string of the molecule is COc1ccc2c(OCc3ccccc3)cccc2c1OCc1ccccc1. The fraction of sp³-hybridized carbons (Fsp3) is 0.120. The van der Waals surface area contributed by atoms with Gasteiger partial charge in [-0.05, 0) is 29.3 Å². The molecule has 0 radical (unpaired) electrons. The van der Waals surface area contributed by atoms with Crippen molar-refractivity contribution in [3.8, 4) is 17.2 Å². The molecule has 0 bridgehead atoms. The first kappa shape index (κ1) is 17.9. The Hall–Kier alpha value is -3.46. The van der Waals surface area contributed by atoms with Crippen molar-refractivity contribution in [1.29, 1.82) is 0 Å². The summed E-state index contributed by atoms with van der Waals surface area (Å²) in [5, 5.41) is 1.98. The molecule has 4 aromatic rings. The normalized spacial score (nSPS) is 10.6. The number of hydrogen-bond acceptors (Lipinski definition) is 3. The molecule has 4 aromatic carbocycles. The number of fused-ring (bicyclic) bond motifs is 1. The molecule has 140 valence electrons. The highest BCUT2D eigenvalue weighted by molar-refractivity contribution is 5.95. The third-order valence-corrected chi connectivity index (χ3v) is 4.62. The molecule has 0 saturated heterocycles. The second kappa shape index (κ2) is 8.49. The van der Waals surface area contributed by atoms with Gasteiger partial charge in [0.1, 0.15) is 19.0 Å². The molecular weight excluding hydrogens is 348 g/mol. The predicted molar refractivity (Wildman–Crippen MR) is 112 cm³/mol.